The van der Waals surface area contributed by atoms with Gasteiger partial charge in [-0.1, -0.05) is 13.8 Å². The number of pyridine rings is 1. The van der Waals surface area contributed by atoms with Gasteiger partial charge in [-0.05, 0) is 18.9 Å². The van der Waals surface area contributed by atoms with E-state index in [-0.39, 0.29) is 17.3 Å². The largest absolute Gasteiger partial charge is 0.382 e. The first-order valence-electron chi connectivity index (χ1n) is 7.47. The van der Waals surface area contributed by atoms with Crippen molar-refractivity contribution in [2.45, 2.75) is 26.7 Å². The summed E-state index contributed by atoms with van der Waals surface area (Å²) in [5.41, 5.74) is 8.56. The zero-order valence-electron chi connectivity index (χ0n) is 13.9. The molecule has 3 rings (SSSR count). The quantitative estimate of drug-likeness (QED) is 0.768. The number of nitriles is 1. The highest BCUT2D eigenvalue weighted by atomic mass is 16.2. The Kier molecular flexibility index (Phi) is 3.56. The Morgan fingerprint density at radius 3 is 2.71 bits per heavy atom. The van der Waals surface area contributed by atoms with Gasteiger partial charge in [-0.25, -0.2) is 4.98 Å². The molecule has 0 spiro atoms. The predicted octanol–water partition coefficient (Wildman–Crippen LogP) is 1.74. The molecule has 0 saturated carbocycles. The van der Waals surface area contributed by atoms with Gasteiger partial charge in [0.1, 0.15) is 17.5 Å². The molecule has 0 bridgehead atoms. The van der Waals surface area contributed by atoms with Crippen LogP contribution in [0.15, 0.2) is 12.3 Å². The first-order valence-corrected chi connectivity index (χ1v) is 7.47. The van der Waals surface area contributed by atoms with Crippen molar-refractivity contribution in [1.82, 2.24) is 24.5 Å². The molecule has 0 aromatic carbocycles. The zero-order valence-corrected chi connectivity index (χ0v) is 13.9. The van der Waals surface area contributed by atoms with Gasteiger partial charge >= 0.3 is 0 Å². The summed E-state index contributed by atoms with van der Waals surface area (Å²) in [6, 6.07) is 3.66. The molecule has 8 heteroatoms. The molecule has 122 valence electrons. The highest BCUT2D eigenvalue weighted by Crippen LogP contribution is 2.26. The van der Waals surface area contributed by atoms with E-state index >= 15 is 0 Å². The van der Waals surface area contributed by atoms with E-state index < -0.39 is 5.91 Å². The number of aromatic nitrogens is 5. The number of nitrogens with zero attached hydrogens (tertiary/aromatic N) is 6. The Bertz CT molecular complexity index is 1000. The van der Waals surface area contributed by atoms with E-state index in [0.717, 1.165) is 10.4 Å². The third-order valence-electron chi connectivity index (χ3n) is 3.93. The molecule has 0 aliphatic rings. The van der Waals surface area contributed by atoms with Crippen molar-refractivity contribution < 1.29 is 4.79 Å². The fraction of sp³-hybridized carbons (Fsp3) is 0.312. The number of nitrogens with two attached hydrogens (primary N) is 1. The molecule has 3 aromatic rings. The summed E-state index contributed by atoms with van der Waals surface area (Å²) in [5, 5.41) is 18.0. The Hall–Kier alpha value is -3.21. The lowest BCUT2D eigenvalue weighted by Gasteiger charge is -2.10. The van der Waals surface area contributed by atoms with Gasteiger partial charge in [-0.15, -0.1) is 0 Å². The van der Waals surface area contributed by atoms with E-state index in [1.165, 1.54) is 6.20 Å². The maximum atomic E-state index is 13.0. The van der Waals surface area contributed by atoms with Crippen LogP contribution >= 0.6 is 0 Å². The summed E-state index contributed by atoms with van der Waals surface area (Å²) in [7, 11) is 1.79. The number of nitrogen functional groups attached to an aromatic ring is 1. The molecule has 2 N–H and O–H groups in total. The molecule has 0 atom stereocenters. The van der Waals surface area contributed by atoms with Crippen LogP contribution in [0.2, 0.25) is 0 Å². The molecule has 0 amide bonds. The van der Waals surface area contributed by atoms with Crippen molar-refractivity contribution in [2.75, 3.05) is 5.73 Å². The van der Waals surface area contributed by atoms with Crippen LogP contribution in [0, 0.1) is 18.3 Å². The van der Waals surface area contributed by atoms with Crippen molar-refractivity contribution in [3.63, 3.8) is 0 Å². The summed E-state index contributed by atoms with van der Waals surface area (Å²) >= 11 is 0. The van der Waals surface area contributed by atoms with Crippen LogP contribution in [0.5, 0.6) is 0 Å². The van der Waals surface area contributed by atoms with E-state index in [4.69, 9.17) is 11.0 Å². The number of anilines is 1. The van der Waals surface area contributed by atoms with Crippen LogP contribution in [0.3, 0.4) is 0 Å². The molecular weight excluding hydrogens is 306 g/mol. The van der Waals surface area contributed by atoms with Gasteiger partial charge < -0.3 is 5.73 Å². The van der Waals surface area contributed by atoms with Crippen molar-refractivity contribution >= 4 is 22.8 Å². The number of hydrogen-bond donors (Lipinski definition) is 1. The summed E-state index contributed by atoms with van der Waals surface area (Å²) in [5.74, 6) is -0.236. The Morgan fingerprint density at radius 1 is 1.42 bits per heavy atom. The SMILES string of the molecule is Cc1nn(C)c2nc(C(C)C)cc(C(=O)n3ncc(C#N)c3N)c12. The maximum absolute atomic E-state index is 13.0. The molecule has 8 nitrogen and oxygen atoms in total. The minimum atomic E-state index is -0.403. The molecule has 0 saturated heterocycles. The normalized spacial score (nSPS) is 11.2. The lowest BCUT2D eigenvalue weighted by molar-refractivity contribution is 0.0949. The van der Waals surface area contributed by atoms with Gasteiger partial charge in [0, 0.05) is 12.7 Å². The van der Waals surface area contributed by atoms with E-state index in [0.29, 0.717) is 22.3 Å². The van der Waals surface area contributed by atoms with Gasteiger partial charge in [0.15, 0.2) is 5.65 Å². The smallest absolute Gasteiger partial charge is 0.280 e. The fourth-order valence-electron chi connectivity index (χ4n) is 2.65. The maximum Gasteiger partial charge on any atom is 0.280 e. The molecule has 24 heavy (non-hydrogen) atoms. The topological polar surface area (TPSA) is 115 Å². The highest BCUT2D eigenvalue weighted by molar-refractivity contribution is 6.08. The molecule has 0 fully saturated rings. The van der Waals surface area contributed by atoms with Gasteiger partial charge in [0.2, 0.25) is 0 Å². The Labute approximate surface area is 138 Å². The van der Waals surface area contributed by atoms with Gasteiger partial charge in [-0.2, -0.15) is 20.1 Å². The van der Waals surface area contributed by atoms with Crippen LogP contribution < -0.4 is 5.73 Å². The number of rotatable bonds is 2. The van der Waals surface area contributed by atoms with Crippen molar-refractivity contribution in [3.8, 4) is 6.07 Å². The lowest BCUT2D eigenvalue weighted by atomic mass is 10.0. The second kappa shape index (κ2) is 5.45. The molecular formula is C16H17N7O. The number of carbonyl (C=O) groups is 1. The molecule has 0 unspecified atom stereocenters. The summed E-state index contributed by atoms with van der Waals surface area (Å²) in [6.07, 6.45) is 1.28. The number of aryl methyl sites for hydroxylation is 2. The Balaban J connectivity index is 2.30. The van der Waals surface area contributed by atoms with Crippen LogP contribution in [-0.2, 0) is 7.05 Å². The molecule has 3 heterocycles. The van der Waals surface area contributed by atoms with Crippen LogP contribution in [-0.4, -0.2) is 30.5 Å². The zero-order chi connectivity index (χ0) is 17.6. The first kappa shape index (κ1) is 15.7. The van der Waals surface area contributed by atoms with E-state index in [1.54, 1.807) is 17.8 Å². The van der Waals surface area contributed by atoms with E-state index in [9.17, 15) is 4.79 Å². The third kappa shape index (κ3) is 2.22. The Morgan fingerprint density at radius 2 is 2.12 bits per heavy atom. The second-order valence-electron chi connectivity index (χ2n) is 5.93. The average molecular weight is 323 g/mol. The summed E-state index contributed by atoms with van der Waals surface area (Å²) in [6.45, 7) is 5.83. The van der Waals surface area contributed by atoms with Gasteiger partial charge in [0.25, 0.3) is 5.91 Å². The molecule has 0 aliphatic carbocycles. The first-order chi connectivity index (χ1) is 11.3. The summed E-state index contributed by atoms with van der Waals surface area (Å²) in [4.78, 5) is 17.6. The minimum absolute atomic E-state index is 0.0279. The van der Waals surface area contributed by atoms with E-state index in [1.807, 2.05) is 26.8 Å². The predicted molar refractivity (Wildman–Crippen MR) is 88.4 cm³/mol. The molecule has 0 radical (unpaired) electrons. The lowest BCUT2D eigenvalue weighted by Crippen LogP contribution is -2.17. The second-order valence-corrected chi connectivity index (χ2v) is 5.93. The summed E-state index contributed by atoms with van der Waals surface area (Å²) < 4.78 is 2.70. The number of hydrogen-bond acceptors (Lipinski definition) is 6. The van der Waals surface area contributed by atoms with Crippen LogP contribution in [0.1, 0.15) is 47.1 Å². The van der Waals surface area contributed by atoms with Crippen molar-refractivity contribution in [1.29, 1.82) is 5.26 Å². The fourth-order valence-corrected chi connectivity index (χ4v) is 2.65. The van der Waals surface area contributed by atoms with Crippen molar-refractivity contribution in [2.24, 2.45) is 7.05 Å². The monoisotopic (exact) mass is 323 g/mol. The number of carbonyl (C=O) groups excluding carboxylic acids is 1. The minimum Gasteiger partial charge on any atom is -0.382 e. The van der Waals surface area contributed by atoms with E-state index in [2.05, 4.69) is 15.2 Å². The average Bonchev–Trinajstić information content (AvgIpc) is 3.06. The molecule has 3 aromatic heterocycles. The van der Waals surface area contributed by atoms with Gasteiger partial charge in [-0.3, -0.25) is 9.48 Å². The van der Waals surface area contributed by atoms with Crippen molar-refractivity contribution in [3.05, 3.63) is 34.8 Å². The third-order valence-corrected chi connectivity index (χ3v) is 3.93. The highest BCUT2D eigenvalue weighted by Gasteiger charge is 2.23. The van der Waals surface area contributed by atoms with Gasteiger partial charge in [0.05, 0.1) is 22.8 Å². The standard InChI is InChI=1S/C16H17N7O/c1-8(2)12-5-11(13-9(3)21-22(4)15(13)20-12)16(24)23-14(18)10(6-17)7-19-23/h5,7-8H,18H2,1-4H3. The van der Waals surface area contributed by atoms with Crippen LogP contribution in [0.4, 0.5) is 5.82 Å². The number of fused-ring (bicyclic) bond motifs is 1. The molecule has 0 aliphatic heterocycles. The van der Waals surface area contributed by atoms with Crippen LogP contribution in [0.25, 0.3) is 11.0 Å².